The minimum absolute atomic E-state index is 0.611. The molecule has 0 amide bonds. The van der Waals surface area contributed by atoms with Gasteiger partial charge in [-0.25, -0.2) is 4.39 Å². The minimum atomic E-state index is -1.06. The van der Waals surface area contributed by atoms with E-state index in [1.54, 1.807) is 19.2 Å². The van der Waals surface area contributed by atoms with E-state index in [-0.39, 0.29) is 0 Å². The number of rotatable bonds is 0. The molecule has 2 heteroatoms. The van der Waals surface area contributed by atoms with Crippen LogP contribution >= 0.6 is 0 Å². The van der Waals surface area contributed by atoms with Gasteiger partial charge in [0.15, 0.2) is 0 Å². The van der Waals surface area contributed by atoms with Crippen molar-refractivity contribution < 1.29 is 4.39 Å². The Kier molecular flexibility index (Phi) is 1.47. The van der Waals surface area contributed by atoms with E-state index in [4.69, 9.17) is 0 Å². The zero-order valence-electron chi connectivity index (χ0n) is 5.89. The molecule has 0 fully saturated rings. The summed E-state index contributed by atoms with van der Waals surface area (Å²) in [4.78, 5) is 1.99. The van der Waals surface area contributed by atoms with E-state index in [1.807, 2.05) is 11.9 Å². The molecule has 1 atom stereocenters. The molecule has 0 aromatic rings. The second-order valence-electron chi connectivity index (χ2n) is 2.82. The molecule has 9 heavy (non-hydrogen) atoms. The third-order valence-corrected chi connectivity index (χ3v) is 1.63. The molecule has 0 aromatic carbocycles. The maximum absolute atomic E-state index is 12.9. The lowest BCUT2D eigenvalue weighted by molar-refractivity contribution is 0.200. The van der Waals surface area contributed by atoms with Gasteiger partial charge in [-0.3, -0.25) is 0 Å². The average Bonchev–Trinajstić information content (AvgIpc) is 1.78. The van der Waals surface area contributed by atoms with Gasteiger partial charge < -0.3 is 4.90 Å². The fraction of sp³-hybridized carbons (Fsp3) is 0.714. The highest BCUT2D eigenvalue weighted by Gasteiger charge is 2.22. The van der Waals surface area contributed by atoms with Gasteiger partial charge >= 0.3 is 0 Å². The quantitative estimate of drug-likeness (QED) is 0.480. The molecule has 0 aromatic heterocycles. The van der Waals surface area contributed by atoms with E-state index in [2.05, 4.69) is 0 Å². The second-order valence-corrected chi connectivity index (χ2v) is 2.82. The SMILES string of the molecule is CN1C=CC(C)(F)CC1. The molecule has 0 saturated carbocycles. The number of allylic oxidation sites excluding steroid dienone is 1. The normalized spacial score (nSPS) is 35.2. The molecule has 1 aliphatic rings. The zero-order chi connectivity index (χ0) is 6.91. The fourth-order valence-corrected chi connectivity index (χ4v) is 0.835. The van der Waals surface area contributed by atoms with Crippen molar-refractivity contribution >= 4 is 0 Å². The summed E-state index contributed by atoms with van der Waals surface area (Å²) in [6.45, 7) is 2.43. The van der Waals surface area contributed by atoms with Gasteiger partial charge in [-0.05, 0) is 19.2 Å². The Hall–Kier alpha value is -0.530. The first-order valence-corrected chi connectivity index (χ1v) is 3.19. The lowest BCUT2D eigenvalue weighted by Gasteiger charge is -2.26. The van der Waals surface area contributed by atoms with Gasteiger partial charge in [0.1, 0.15) is 5.67 Å². The summed E-state index contributed by atoms with van der Waals surface area (Å²) in [5.41, 5.74) is -1.06. The van der Waals surface area contributed by atoms with Crippen molar-refractivity contribution in [3.8, 4) is 0 Å². The lowest BCUT2D eigenvalue weighted by Crippen LogP contribution is -2.28. The number of alkyl halides is 1. The Balaban J connectivity index is 2.58. The Morgan fingerprint density at radius 1 is 1.67 bits per heavy atom. The Morgan fingerprint density at radius 3 is 2.67 bits per heavy atom. The lowest BCUT2D eigenvalue weighted by atomic mass is 10.0. The van der Waals surface area contributed by atoms with Gasteiger partial charge in [0.05, 0.1) is 0 Å². The van der Waals surface area contributed by atoms with Crippen LogP contribution in [0.3, 0.4) is 0 Å². The number of nitrogens with zero attached hydrogens (tertiary/aromatic N) is 1. The van der Waals surface area contributed by atoms with Crippen molar-refractivity contribution in [1.29, 1.82) is 0 Å². The highest BCUT2D eigenvalue weighted by molar-refractivity contribution is 5.02. The molecule has 1 heterocycles. The third-order valence-electron chi connectivity index (χ3n) is 1.63. The predicted octanol–water partition coefficient (Wildman–Crippen LogP) is 1.56. The van der Waals surface area contributed by atoms with Crippen LogP contribution in [0.25, 0.3) is 0 Å². The summed E-state index contributed by atoms with van der Waals surface area (Å²) >= 11 is 0. The Labute approximate surface area is 55.2 Å². The maximum atomic E-state index is 12.9. The molecular formula is C7H12FN. The Morgan fingerprint density at radius 2 is 2.33 bits per heavy atom. The molecular weight excluding hydrogens is 117 g/mol. The Bertz CT molecular complexity index is 129. The van der Waals surface area contributed by atoms with E-state index in [0.717, 1.165) is 6.54 Å². The van der Waals surface area contributed by atoms with E-state index < -0.39 is 5.67 Å². The molecule has 1 unspecified atom stereocenters. The smallest absolute Gasteiger partial charge is 0.129 e. The molecule has 1 aliphatic heterocycles. The number of hydrogen-bond acceptors (Lipinski definition) is 1. The van der Waals surface area contributed by atoms with Crippen molar-refractivity contribution in [3.05, 3.63) is 12.3 Å². The van der Waals surface area contributed by atoms with Crippen LogP contribution in [-0.2, 0) is 0 Å². The van der Waals surface area contributed by atoms with Crippen LogP contribution in [0, 0.1) is 0 Å². The monoisotopic (exact) mass is 129 g/mol. The van der Waals surface area contributed by atoms with E-state index >= 15 is 0 Å². The first kappa shape index (κ1) is 6.59. The maximum Gasteiger partial charge on any atom is 0.129 e. The third kappa shape index (κ3) is 1.70. The molecule has 0 spiro atoms. The molecule has 1 rings (SSSR count). The molecule has 0 radical (unpaired) electrons. The van der Waals surface area contributed by atoms with Crippen LogP contribution in [0.15, 0.2) is 12.3 Å². The van der Waals surface area contributed by atoms with E-state index in [1.165, 1.54) is 0 Å². The summed E-state index contributed by atoms with van der Waals surface area (Å²) in [7, 11) is 1.95. The van der Waals surface area contributed by atoms with Crippen molar-refractivity contribution in [2.45, 2.75) is 19.0 Å². The highest BCUT2D eigenvalue weighted by atomic mass is 19.1. The van der Waals surface area contributed by atoms with Gasteiger partial charge in [0.2, 0.25) is 0 Å². The van der Waals surface area contributed by atoms with E-state index in [0.29, 0.717) is 6.42 Å². The van der Waals surface area contributed by atoms with Crippen LogP contribution < -0.4 is 0 Å². The zero-order valence-corrected chi connectivity index (χ0v) is 5.89. The number of hydrogen-bond donors (Lipinski definition) is 0. The van der Waals surface area contributed by atoms with Gasteiger partial charge in [-0.2, -0.15) is 0 Å². The van der Waals surface area contributed by atoms with Crippen LogP contribution in [0.2, 0.25) is 0 Å². The standard InChI is InChI=1S/C7H12FN/c1-7(8)3-5-9(2)6-4-7/h3,5H,4,6H2,1-2H3. The molecule has 52 valence electrons. The molecule has 0 bridgehead atoms. The number of halogens is 1. The van der Waals surface area contributed by atoms with Crippen LogP contribution in [0.5, 0.6) is 0 Å². The van der Waals surface area contributed by atoms with Crippen molar-refractivity contribution in [1.82, 2.24) is 4.90 Å². The summed E-state index contributed by atoms with van der Waals surface area (Å²) in [6.07, 6.45) is 4.01. The van der Waals surface area contributed by atoms with Gasteiger partial charge in [-0.1, -0.05) is 0 Å². The average molecular weight is 129 g/mol. The molecule has 0 N–H and O–H groups in total. The van der Waals surface area contributed by atoms with Crippen LogP contribution in [0.1, 0.15) is 13.3 Å². The van der Waals surface area contributed by atoms with Crippen molar-refractivity contribution in [3.63, 3.8) is 0 Å². The fourth-order valence-electron chi connectivity index (χ4n) is 0.835. The van der Waals surface area contributed by atoms with Gasteiger partial charge in [0.25, 0.3) is 0 Å². The van der Waals surface area contributed by atoms with E-state index in [9.17, 15) is 4.39 Å². The van der Waals surface area contributed by atoms with Crippen molar-refractivity contribution in [2.75, 3.05) is 13.6 Å². The van der Waals surface area contributed by atoms with Crippen molar-refractivity contribution in [2.24, 2.45) is 0 Å². The first-order valence-electron chi connectivity index (χ1n) is 3.19. The minimum Gasteiger partial charge on any atom is -0.380 e. The summed E-state index contributed by atoms with van der Waals surface area (Å²) < 4.78 is 12.9. The highest BCUT2D eigenvalue weighted by Crippen LogP contribution is 2.21. The van der Waals surface area contributed by atoms with Gasteiger partial charge in [0, 0.05) is 20.0 Å². The van der Waals surface area contributed by atoms with Crippen LogP contribution in [-0.4, -0.2) is 24.2 Å². The molecule has 0 saturated heterocycles. The molecule has 0 aliphatic carbocycles. The summed E-state index contributed by atoms with van der Waals surface area (Å²) in [5.74, 6) is 0. The van der Waals surface area contributed by atoms with Crippen LogP contribution in [0.4, 0.5) is 4.39 Å². The first-order chi connectivity index (χ1) is 4.10. The largest absolute Gasteiger partial charge is 0.380 e. The summed E-state index contributed by atoms with van der Waals surface area (Å²) in [6, 6.07) is 0. The predicted molar refractivity (Wildman–Crippen MR) is 35.9 cm³/mol. The molecule has 1 nitrogen and oxygen atoms in total. The van der Waals surface area contributed by atoms with Gasteiger partial charge in [-0.15, -0.1) is 0 Å². The second kappa shape index (κ2) is 2.01. The topological polar surface area (TPSA) is 3.24 Å². The summed E-state index contributed by atoms with van der Waals surface area (Å²) in [5, 5.41) is 0.